The number of esters is 1. The standard InChI is InChI=1S/C28H23BrN2O4S/c1-4-35-27(33)24-16(2)30-28-31(25(24)18-9-12-19(29)13-10-18)26(32)23(36-28)15-21-20-8-6-5-7-17(20)11-14-22(21)34-3/h5-15,25H,4H2,1-3H3/b23-15-. The summed E-state index contributed by atoms with van der Waals surface area (Å²) >= 11 is 4.76. The van der Waals surface area contributed by atoms with Crippen molar-refractivity contribution < 1.29 is 14.3 Å². The zero-order valence-corrected chi connectivity index (χ0v) is 22.4. The van der Waals surface area contributed by atoms with Crippen LogP contribution >= 0.6 is 27.3 Å². The minimum absolute atomic E-state index is 0.226. The van der Waals surface area contributed by atoms with Crippen LogP contribution in [0.2, 0.25) is 0 Å². The maximum Gasteiger partial charge on any atom is 0.338 e. The number of hydrogen-bond acceptors (Lipinski definition) is 6. The van der Waals surface area contributed by atoms with Crippen molar-refractivity contribution in [1.82, 2.24) is 4.57 Å². The van der Waals surface area contributed by atoms with Gasteiger partial charge in [-0.3, -0.25) is 9.36 Å². The molecule has 1 unspecified atom stereocenters. The Morgan fingerprint density at radius 2 is 1.89 bits per heavy atom. The zero-order chi connectivity index (χ0) is 25.4. The Morgan fingerprint density at radius 1 is 1.14 bits per heavy atom. The number of carbonyl (C=O) groups is 1. The lowest BCUT2D eigenvalue weighted by atomic mass is 9.96. The summed E-state index contributed by atoms with van der Waals surface area (Å²) in [6.07, 6.45) is 1.85. The van der Waals surface area contributed by atoms with Crippen molar-refractivity contribution in [2.24, 2.45) is 4.99 Å². The molecule has 1 atom stereocenters. The van der Waals surface area contributed by atoms with E-state index in [1.165, 1.54) is 11.3 Å². The fourth-order valence-electron chi connectivity index (χ4n) is 4.49. The minimum atomic E-state index is -0.648. The highest BCUT2D eigenvalue weighted by Crippen LogP contribution is 2.32. The van der Waals surface area contributed by atoms with Gasteiger partial charge in [-0.2, -0.15) is 0 Å². The van der Waals surface area contributed by atoms with E-state index in [0.29, 0.717) is 26.4 Å². The smallest absolute Gasteiger partial charge is 0.338 e. The van der Waals surface area contributed by atoms with E-state index in [9.17, 15) is 9.59 Å². The maximum atomic E-state index is 13.9. The van der Waals surface area contributed by atoms with Crippen molar-refractivity contribution in [3.8, 4) is 5.75 Å². The van der Waals surface area contributed by atoms with Crippen LogP contribution in [0.4, 0.5) is 0 Å². The molecule has 0 amide bonds. The number of carbonyl (C=O) groups excluding carboxylic acids is 1. The molecule has 0 saturated carbocycles. The number of thiazole rings is 1. The van der Waals surface area contributed by atoms with Gasteiger partial charge in [-0.1, -0.05) is 69.7 Å². The molecule has 0 N–H and O–H groups in total. The second kappa shape index (κ2) is 9.87. The van der Waals surface area contributed by atoms with E-state index in [4.69, 9.17) is 9.47 Å². The van der Waals surface area contributed by atoms with Crippen LogP contribution in [0.15, 0.2) is 86.2 Å². The lowest BCUT2D eigenvalue weighted by molar-refractivity contribution is -0.139. The quantitative estimate of drug-likeness (QED) is 0.330. The Morgan fingerprint density at radius 3 is 2.61 bits per heavy atom. The molecule has 5 rings (SSSR count). The van der Waals surface area contributed by atoms with E-state index in [2.05, 4.69) is 20.9 Å². The maximum absolute atomic E-state index is 13.9. The van der Waals surface area contributed by atoms with Crippen LogP contribution in [0.5, 0.6) is 5.75 Å². The van der Waals surface area contributed by atoms with Crippen LogP contribution in [0.25, 0.3) is 16.8 Å². The number of methoxy groups -OCH3 is 1. The van der Waals surface area contributed by atoms with Crippen molar-refractivity contribution in [2.75, 3.05) is 13.7 Å². The molecule has 182 valence electrons. The van der Waals surface area contributed by atoms with Gasteiger partial charge in [-0.25, -0.2) is 9.79 Å². The highest BCUT2D eigenvalue weighted by molar-refractivity contribution is 9.10. The molecule has 0 spiro atoms. The molecule has 8 heteroatoms. The number of nitrogens with zero attached hydrogens (tertiary/aromatic N) is 2. The summed E-state index contributed by atoms with van der Waals surface area (Å²) in [6.45, 7) is 3.77. The third-order valence-electron chi connectivity index (χ3n) is 6.13. The molecule has 36 heavy (non-hydrogen) atoms. The molecule has 0 radical (unpaired) electrons. The van der Waals surface area contributed by atoms with Gasteiger partial charge in [0.15, 0.2) is 4.80 Å². The van der Waals surface area contributed by atoms with Crippen molar-refractivity contribution in [3.05, 3.63) is 107 Å². The summed E-state index contributed by atoms with van der Waals surface area (Å²) in [4.78, 5) is 32.1. The Bertz CT molecular complexity index is 1700. The van der Waals surface area contributed by atoms with Gasteiger partial charge in [0.2, 0.25) is 0 Å². The fourth-order valence-corrected chi connectivity index (χ4v) is 5.78. The summed E-state index contributed by atoms with van der Waals surface area (Å²) in [5, 5.41) is 2.03. The van der Waals surface area contributed by atoms with Gasteiger partial charge in [-0.15, -0.1) is 0 Å². The molecule has 6 nitrogen and oxygen atoms in total. The monoisotopic (exact) mass is 562 g/mol. The highest BCUT2D eigenvalue weighted by Gasteiger charge is 2.33. The molecule has 4 aromatic rings. The average molecular weight is 563 g/mol. The van der Waals surface area contributed by atoms with E-state index in [-0.39, 0.29) is 12.2 Å². The van der Waals surface area contributed by atoms with E-state index in [0.717, 1.165) is 26.4 Å². The molecule has 0 fully saturated rings. The topological polar surface area (TPSA) is 69.9 Å². The van der Waals surface area contributed by atoms with Crippen LogP contribution in [0, 0.1) is 0 Å². The normalized spacial score (nSPS) is 15.6. The molecule has 1 aliphatic rings. The van der Waals surface area contributed by atoms with Crippen LogP contribution in [-0.2, 0) is 9.53 Å². The molecule has 1 aromatic heterocycles. The van der Waals surface area contributed by atoms with Gasteiger partial charge >= 0.3 is 5.97 Å². The second-order valence-corrected chi connectivity index (χ2v) is 10.2. The fraction of sp³-hybridized carbons (Fsp3) is 0.179. The molecule has 0 saturated heterocycles. The first-order valence-corrected chi connectivity index (χ1v) is 13.0. The predicted molar refractivity (Wildman–Crippen MR) is 145 cm³/mol. The number of rotatable bonds is 5. The second-order valence-electron chi connectivity index (χ2n) is 8.26. The van der Waals surface area contributed by atoms with Gasteiger partial charge < -0.3 is 9.47 Å². The SMILES string of the molecule is CCOC(=O)C1=C(C)N=c2s/c(=C\c3c(OC)ccc4ccccc34)c(=O)n2C1c1ccc(Br)cc1. The summed E-state index contributed by atoms with van der Waals surface area (Å²) < 4.78 is 14.0. The van der Waals surface area contributed by atoms with Crippen molar-refractivity contribution in [2.45, 2.75) is 19.9 Å². The van der Waals surface area contributed by atoms with Gasteiger partial charge in [0, 0.05) is 10.0 Å². The first kappa shape index (κ1) is 24.2. The van der Waals surface area contributed by atoms with Gasteiger partial charge in [0.1, 0.15) is 5.75 Å². The Balaban J connectivity index is 1.78. The Hall–Kier alpha value is -3.49. The van der Waals surface area contributed by atoms with Crippen LogP contribution in [-0.4, -0.2) is 24.3 Å². The zero-order valence-electron chi connectivity index (χ0n) is 19.9. The number of benzene rings is 3. The molecule has 0 aliphatic carbocycles. The number of fused-ring (bicyclic) bond motifs is 2. The molecule has 1 aliphatic heterocycles. The number of ether oxygens (including phenoxy) is 2. The molecular formula is C28H23BrN2O4S. The minimum Gasteiger partial charge on any atom is -0.496 e. The van der Waals surface area contributed by atoms with Crippen molar-refractivity contribution in [1.29, 1.82) is 0 Å². The van der Waals surface area contributed by atoms with Crippen molar-refractivity contribution in [3.63, 3.8) is 0 Å². The Labute approximate surface area is 220 Å². The first-order chi connectivity index (χ1) is 17.4. The van der Waals surface area contributed by atoms with Gasteiger partial charge in [0.05, 0.1) is 35.6 Å². The summed E-state index contributed by atoms with van der Waals surface area (Å²) in [7, 11) is 1.62. The van der Waals surface area contributed by atoms with Crippen molar-refractivity contribution >= 4 is 50.1 Å². The summed E-state index contributed by atoms with van der Waals surface area (Å²) in [6, 6.07) is 18.8. The number of halogens is 1. The largest absolute Gasteiger partial charge is 0.496 e. The number of allylic oxidation sites excluding steroid dienone is 1. The predicted octanol–water partition coefficient (Wildman–Crippen LogP) is 4.72. The molecule has 0 bridgehead atoms. The summed E-state index contributed by atoms with van der Waals surface area (Å²) in [5.41, 5.74) is 2.29. The lowest BCUT2D eigenvalue weighted by Gasteiger charge is -2.24. The van der Waals surface area contributed by atoms with E-state index >= 15 is 0 Å². The third-order valence-corrected chi connectivity index (χ3v) is 7.64. The van der Waals surface area contributed by atoms with Gasteiger partial charge in [0.25, 0.3) is 5.56 Å². The molecule has 2 heterocycles. The van der Waals surface area contributed by atoms with E-state index < -0.39 is 12.0 Å². The third kappa shape index (κ3) is 4.20. The van der Waals surface area contributed by atoms with Gasteiger partial charge in [-0.05, 0) is 54.5 Å². The molecular weight excluding hydrogens is 540 g/mol. The van der Waals surface area contributed by atoms with Crippen LogP contribution < -0.4 is 19.6 Å². The number of hydrogen-bond donors (Lipinski definition) is 0. The van der Waals surface area contributed by atoms with Crippen LogP contribution in [0.1, 0.15) is 31.0 Å². The first-order valence-electron chi connectivity index (χ1n) is 11.4. The highest BCUT2D eigenvalue weighted by atomic mass is 79.9. The lowest BCUT2D eigenvalue weighted by Crippen LogP contribution is -2.39. The van der Waals surface area contributed by atoms with Crippen LogP contribution in [0.3, 0.4) is 0 Å². The summed E-state index contributed by atoms with van der Waals surface area (Å²) in [5.74, 6) is 0.198. The Kier molecular flexibility index (Phi) is 6.64. The number of aromatic nitrogens is 1. The average Bonchev–Trinajstić information content (AvgIpc) is 3.18. The van der Waals surface area contributed by atoms with E-state index in [1.807, 2.05) is 66.7 Å². The van der Waals surface area contributed by atoms with E-state index in [1.54, 1.807) is 25.5 Å². The molecule has 3 aromatic carbocycles.